The minimum absolute atomic E-state index is 0.118. The van der Waals surface area contributed by atoms with E-state index < -0.39 is 5.97 Å². The van der Waals surface area contributed by atoms with Gasteiger partial charge >= 0.3 is 5.97 Å². The lowest BCUT2D eigenvalue weighted by molar-refractivity contribution is -0.138. The van der Waals surface area contributed by atoms with Crippen LogP contribution in [0, 0.1) is 18.7 Å². The molecule has 0 aliphatic heterocycles. The van der Waals surface area contributed by atoms with Gasteiger partial charge in [0.25, 0.3) is 0 Å². The van der Waals surface area contributed by atoms with E-state index in [4.69, 9.17) is 5.11 Å². The normalized spacial score (nSPS) is 24.7. The van der Waals surface area contributed by atoms with Crippen LogP contribution in [-0.4, -0.2) is 11.1 Å². The summed E-state index contributed by atoms with van der Waals surface area (Å²) in [7, 11) is 0. The van der Waals surface area contributed by atoms with Crippen LogP contribution in [-0.2, 0) is 4.79 Å². The second kappa shape index (κ2) is 3.08. The molecule has 1 fully saturated rings. The third-order valence-electron chi connectivity index (χ3n) is 2.66. The Kier molecular flexibility index (Phi) is 2.02. The van der Waals surface area contributed by atoms with Crippen LogP contribution in [0.5, 0.6) is 0 Å². The number of halogens is 1. The molecule has 1 aromatic carbocycles. The maximum atomic E-state index is 13.4. The standard InChI is InChI=1S/C11H11FO2/c1-6-2-3-7(10(12)4-6)8-5-9(8)11(13)14/h2-4,8-9H,5H2,1H3,(H,13,14)/t8-,9+/m0/s1. The molecular formula is C11H11FO2. The molecule has 1 aliphatic rings. The number of hydrogen-bond acceptors (Lipinski definition) is 1. The quantitative estimate of drug-likeness (QED) is 0.784. The van der Waals surface area contributed by atoms with Gasteiger partial charge in [0.15, 0.2) is 0 Å². The summed E-state index contributed by atoms with van der Waals surface area (Å²) >= 11 is 0. The second-order valence-electron chi connectivity index (χ2n) is 3.81. The molecule has 0 heterocycles. The Morgan fingerprint density at radius 3 is 2.79 bits per heavy atom. The second-order valence-corrected chi connectivity index (χ2v) is 3.81. The van der Waals surface area contributed by atoms with E-state index in [1.807, 2.05) is 13.0 Å². The van der Waals surface area contributed by atoms with Crippen LogP contribution in [0.1, 0.15) is 23.5 Å². The molecule has 0 bridgehead atoms. The Bertz CT molecular complexity index is 387. The zero-order valence-electron chi connectivity index (χ0n) is 7.83. The van der Waals surface area contributed by atoms with Crippen molar-refractivity contribution in [3.63, 3.8) is 0 Å². The highest BCUT2D eigenvalue weighted by molar-refractivity contribution is 5.75. The van der Waals surface area contributed by atoms with Gasteiger partial charge in [0.05, 0.1) is 5.92 Å². The lowest BCUT2D eigenvalue weighted by Gasteiger charge is -2.01. The van der Waals surface area contributed by atoms with Crippen molar-refractivity contribution in [3.05, 3.63) is 35.1 Å². The number of carbonyl (C=O) groups is 1. The average Bonchev–Trinajstić information content (AvgIpc) is 2.83. The summed E-state index contributed by atoms with van der Waals surface area (Å²) in [5, 5.41) is 8.71. The minimum atomic E-state index is -0.824. The van der Waals surface area contributed by atoms with E-state index in [9.17, 15) is 9.18 Å². The number of carboxylic acid groups (broad SMARTS) is 1. The largest absolute Gasteiger partial charge is 0.481 e. The molecule has 0 unspecified atom stereocenters. The van der Waals surface area contributed by atoms with E-state index in [0.29, 0.717) is 12.0 Å². The highest BCUT2D eigenvalue weighted by atomic mass is 19.1. The summed E-state index contributed by atoms with van der Waals surface area (Å²) in [6, 6.07) is 4.96. The summed E-state index contributed by atoms with van der Waals surface area (Å²) < 4.78 is 13.4. The van der Waals surface area contributed by atoms with Crippen molar-refractivity contribution >= 4 is 5.97 Å². The molecule has 74 valence electrons. The maximum absolute atomic E-state index is 13.4. The van der Waals surface area contributed by atoms with E-state index in [1.54, 1.807) is 6.07 Å². The van der Waals surface area contributed by atoms with Crippen LogP contribution in [0.2, 0.25) is 0 Å². The summed E-state index contributed by atoms with van der Waals surface area (Å²) in [6.45, 7) is 1.81. The van der Waals surface area contributed by atoms with E-state index >= 15 is 0 Å². The number of benzene rings is 1. The summed E-state index contributed by atoms with van der Waals surface area (Å²) in [4.78, 5) is 10.6. The van der Waals surface area contributed by atoms with E-state index in [2.05, 4.69) is 0 Å². The molecule has 2 nitrogen and oxygen atoms in total. The Balaban J connectivity index is 2.23. The van der Waals surface area contributed by atoms with Gasteiger partial charge in [-0.2, -0.15) is 0 Å². The van der Waals surface area contributed by atoms with Crippen LogP contribution in [0.4, 0.5) is 4.39 Å². The molecule has 1 aliphatic carbocycles. The highest BCUT2D eigenvalue weighted by Crippen LogP contribution is 2.48. The molecular weight excluding hydrogens is 183 g/mol. The first-order chi connectivity index (χ1) is 6.59. The van der Waals surface area contributed by atoms with Gasteiger partial charge < -0.3 is 5.11 Å². The third kappa shape index (κ3) is 1.50. The molecule has 2 atom stereocenters. The zero-order valence-corrected chi connectivity index (χ0v) is 7.83. The van der Waals surface area contributed by atoms with Crippen LogP contribution >= 0.6 is 0 Å². The fourth-order valence-corrected chi connectivity index (χ4v) is 1.74. The predicted molar refractivity (Wildman–Crippen MR) is 49.6 cm³/mol. The van der Waals surface area contributed by atoms with Gasteiger partial charge in [0.1, 0.15) is 5.82 Å². The zero-order chi connectivity index (χ0) is 10.3. The van der Waals surface area contributed by atoms with Gasteiger partial charge in [-0.3, -0.25) is 4.79 Å². The molecule has 1 saturated carbocycles. The fraction of sp³-hybridized carbons (Fsp3) is 0.364. The smallest absolute Gasteiger partial charge is 0.307 e. The molecule has 2 rings (SSSR count). The van der Waals surface area contributed by atoms with Crippen molar-refractivity contribution in [2.45, 2.75) is 19.3 Å². The molecule has 0 spiro atoms. The van der Waals surface area contributed by atoms with E-state index in [1.165, 1.54) is 6.07 Å². The van der Waals surface area contributed by atoms with Crippen molar-refractivity contribution in [1.82, 2.24) is 0 Å². The van der Waals surface area contributed by atoms with Crippen molar-refractivity contribution < 1.29 is 14.3 Å². The van der Waals surface area contributed by atoms with Crippen LogP contribution in [0.25, 0.3) is 0 Å². The van der Waals surface area contributed by atoms with Crippen LogP contribution < -0.4 is 0 Å². The summed E-state index contributed by atoms with van der Waals surface area (Å²) in [6.07, 6.45) is 0.565. The molecule has 0 amide bonds. The maximum Gasteiger partial charge on any atom is 0.307 e. The average molecular weight is 194 g/mol. The number of carboxylic acids is 1. The SMILES string of the molecule is Cc1ccc([C@@H]2C[C@H]2C(=O)O)c(F)c1. The van der Waals surface area contributed by atoms with Crippen molar-refractivity contribution in [2.75, 3.05) is 0 Å². The lowest BCUT2D eigenvalue weighted by atomic mass is 10.1. The lowest BCUT2D eigenvalue weighted by Crippen LogP contribution is -2.00. The highest BCUT2D eigenvalue weighted by Gasteiger charge is 2.45. The molecule has 1 N–H and O–H groups in total. The molecule has 3 heteroatoms. The molecule has 0 aromatic heterocycles. The third-order valence-corrected chi connectivity index (χ3v) is 2.66. The van der Waals surface area contributed by atoms with Gasteiger partial charge in [-0.25, -0.2) is 4.39 Å². The first-order valence-electron chi connectivity index (χ1n) is 4.58. The van der Waals surface area contributed by atoms with Crippen molar-refractivity contribution in [1.29, 1.82) is 0 Å². The molecule has 14 heavy (non-hydrogen) atoms. The van der Waals surface area contributed by atoms with Gasteiger partial charge in [-0.1, -0.05) is 12.1 Å². The Morgan fingerprint density at radius 2 is 2.29 bits per heavy atom. The van der Waals surface area contributed by atoms with Crippen LogP contribution in [0.3, 0.4) is 0 Å². The predicted octanol–water partition coefficient (Wildman–Crippen LogP) is 2.32. The van der Waals surface area contributed by atoms with E-state index in [-0.39, 0.29) is 17.7 Å². The number of aliphatic carboxylic acids is 1. The van der Waals surface area contributed by atoms with Crippen molar-refractivity contribution in [3.8, 4) is 0 Å². The van der Waals surface area contributed by atoms with Crippen LogP contribution in [0.15, 0.2) is 18.2 Å². The monoisotopic (exact) mass is 194 g/mol. The van der Waals surface area contributed by atoms with Gasteiger partial charge in [0, 0.05) is 5.92 Å². The molecule has 0 saturated heterocycles. The fourth-order valence-electron chi connectivity index (χ4n) is 1.74. The van der Waals surface area contributed by atoms with Gasteiger partial charge in [-0.05, 0) is 30.5 Å². The Labute approximate surface area is 81.4 Å². The Morgan fingerprint density at radius 1 is 1.57 bits per heavy atom. The molecule has 0 radical (unpaired) electrons. The topological polar surface area (TPSA) is 37.3 Å². The molecule has 1 aromatic rings. The first kappa shape index (κ1) is 9.19. The summed E-state index contributed by atoms with van der Waals surface area (Å²) in [5.74, 6) is -1.60. The number of aryl methyl sites for hydroxylation is 1. The Hall–Kier alpha value is -1.38. The minimum Gasteiger partial charge on any atom is -0.481 e. The number of hydrogen-bond donors (Lipinski definition) is 1. The first-order valence-corrected chi connectivity index (χ1v) is 4.58. The van der Waals surface area contributed by atoms with Gasteiger partial charge in [-0.15, -0.1) is 0 Å². The summed E-state index contributed by atoms with van der Waals surface area (Å²) in [5.41, 5.74) is 1.40. The number of rotatable bonds is 2. The van der Waals surface area contributed by atoms with Gasteiger partial charge in [0.2, 0.25) is 0 Å². The van der Waals surface area contributed by atoms with Crippen molar-refractivity contribution in [2.24, 2.45) is 5.92 Å². The van der Waals surface area contributed by atoms with E-state index in [0.717, 1.165) is 5.56 Å².